The molecular formula is C20H32IN5O2. The van der Waals surface area contributed by atoms with E-state index in [1.54, 1.807) is 24.3 Å². The number of aliphatic imine (C=N–C) groups is 1. The Bertz CT molecular complexity index is 647. The number of rotatable bonds is 6. The minimum absolute atomic E-state index is 0. The van der Waals surface area contributed by atoms with Crippen LogP contribution in [0.2, 0.25) is 0 Å². The smallest absolute Gasteiger partial charge is 0.246 e. The first-order valence-corrected chi connectivity index (χ1v) is 10.0. The number of carbonyl (C=O) groups is 1. The maximum atomic E-state index is 12.1. The normalized spacial score (nSPS) is 20.6. The summed E-state index contributed by atoms with van der Waals surface area (Å²) < 4.78 is 0. The van der Waals surface area contributed by atoms with Crippen molar-refractivity contribution in [2.24, 2.45) is 4.99 Å². The van der Waals surface area contributed by atoms with Gasteiger partial charge >= 0.3 is 0 Å². The molecule has 0 aromatic heterocycles. The number of benzene rings is 1. The average molecular weight is 501 g/mol. The highest BCUT2D eigenvalue weighted by atomic mass is 127. The van der Waals surface area contributed by atoms with Crippen LogP contribution in [0.15, 0.2) is 29.3 Å². The molecule has 1 aliphatic heterocycles. The Morgan fingerprint density at radius 2 is 1.93 bits per heavy atom. The molecule has 156 valence electrons. The summed E-state index contributed by atoms with van der Waals surface area (Å²) in [6.45, 7) is 5.02. The highest BCUT2D eigenvalue weighted by Crippen LogP contribution is 2.26. The third kappa shape index (κ3) is 6.80. The molecule has 1 unspecified atom stereocenters. The third-order valence-electron chi connectivity index (χ3n) is 5.28. The number of nitrogens with zero attached hydrogens (tertiary/aromatic N) is 2. The highest BCUT2D eigenvalue weighted by molar-refractivity contribution is 14.0. The molecule has 1 saturated carbocycles. The molecule has 2 fully saturated rings. The fourth-order valence-corrected chi connectivity index (χ4v) is 3.92. The number of aromatic hydroxyl groups is 1. The van der Waals surface area contributed by atoms with Crippen molar-refractivity contribution in [3.05, 3.63) is 24.3 Å². The van der Waals surface area contributed by atoms with Crippen LogP contribution < -0.4 is 16.0 Å². The largest absolute Gasteiger partial charge is 0.508 e. The minimum Gasteiger partial charge on any atom is -0.508 e. The first-order chi connectivity index (χ1) is 13.1. The number of guanidine groups is 1. The highest BCUT2D eigenvalue weighted by Gasteiger charge is 2.30. The molecule has 28 heavy (non-hydrogen) atoms. The molecule has 0 radical (unpaired) electrons. The first kappa shape index (κ1) is 22.7. The van der Waals surface area contributed by atoms with Gasteiger partial charge in [0.15, 0.2) is 5.96 Å². The Hall–Kier alpha value is -1.55. The molecule has 1 aromatic rings. The third-order valence-corrected chi connectivity index (χ3v) is 5.28. The number of likely N-dealkylation sites (tertiary alicyclic amines) is 1. The topological polar surface area (TPSA) is 89.0 Å². The monoisotopic (exact) mass is 501 g/mol. The van der Waals surface area contributed by atoms with Crippen molar-refractivity contribution in [1.29, 1.82) is 0 Å². The van der Waals surface area contributed by atoms with Crippen molar-refractivity contribution in [3.8, 4) is 5.75 Å². The van der Waals surface area contributed by atoms with Crippen LogP contribution in [0, 0.1) is 0 Å². The zero-order valence-electron chi connectivity index (χ0n) is 16.5. The Labute approximate surface area is 184 Å². The number of amides is 1. The first-order valence-electron chi connectivity index (χ1n) is 10.0. The van der Waals surface area contributed by atoms with Gasteiger partial charge in [0.05, 0.1) is 0 Å². The molecule has 1 heterocycles. The van der Waals surface area contributed by atoms with E-state index in [-0.39, 0.29) is 42.2 Å². The molecule has 7 nitrogen and oxygen atoms in total. The van der Waals surface area contributed by atoms with Gasteiger partial charge in [-0.3, -0.25) is 9.69 Å². The van der Waals surface area contributed by atoms with Gasteiger partial charge in [0.1, 0.15) is 12.3 Å². The number of nitrogens with one attached hydrogen (secondary N) is 3. The second-order valence-electron chi connectivity index (χ2n) is 7.35. The molecule has 1 saturated heterocycles. The van der Waals surface area contributed by atoms with Crippen molar-refractivity contribution in [2.75, 3.05) is 31.5 Å². The van der Waals surface area contributed by atoms with E-state index < -0.39 is 0 Å². The summed E-state index contributed by atoms with van der Waals surface area (Å²) in [5.41, 5.74) is 0.647. The molecule has 0 spiro atoms. The fourth-order valence-electron chi connectivity index (χ4n) is 3.92. The van der Waals surface area contributed by atoms with E-state index in [9.17, 15) is 9.90 Å². The van der Waals surface area contributed by atoms with Crippen LogP contribution in [-0.4, -0.2) is 60.1 Å². The molecule has 4 N–H and O–H groups in total. The van der Waals surface area contributed by atoms with E-state index in [0.717, 1.165) is 32.1 Å². The number of phenols is 1. The van der Waals surface area contributed by atoms with Gasteiger partial charge < -0.3 is 21.1 Å². The van der Waals surface area contributed by atoms with Gasteiger partial charge in [0, 0.05) is 37.4 Å². The molecule has 8 heteroatoms. The summed E-state index contributed by atoms with van der Waals surface area (Å²) in [7, 11) is 0. The van der Waals surface area contributed by atoms with E-state index in [1.807, 2.05) is 6.92 Å². The van der Waals surface area contributed by atoms with Crippen molar-refractivity contribution in [2.45, 2.75) is 51.1 Å². The molecule has 1 amide bonds. The predicted octanol–water partition coefficient (Wildman–Crippen LogP) is 2.52. The van der Waals surface area contributed by atoms with E-state index in [4.69, 9.17) is 0 Å². The molecule has 1 aliphatic carbocycles. The van der Waals surface area contributed by atoms with Crippen LogP contribution in [0.25, 0.3) is 0 Å². The van der Waals surface area contributed by atoms with Gasteiger partial charge in [-0.25, -0.2) is 4.99 Å². The summed E-state index contributed by atoms with van der Waals surface area (Å²) >= 11 is 0. The maximum absolute atomic E-state index is 12.1. The Morgan fingerprint density at radius 3 is 2.61 bits per heavy atom. The van der Waals surface area contributed by atoms with Crippen LogP contribution in [0.1, 0.15) is 39.0 Å². The van der Waals surface area contributed by atoms with Gasteiger partial charge in [-0.2, -0.15) is 0 Å². The Morgan fingerprint density at radius 1 is 1.21 bits per heavy atom. The zero-order valence-corrected chi connectivity index (χ0v) is 18.8. The lowest BCUT2D eigenvalue weighted by Crippen LogP contribution is -2.45. The second-order valence-corrected chi connectivity index (χ2v) is 7.35. The summed E-state index contributed by atoms with van der Waals surface area (Å²) in [5.74, 6) is 0.682. The number of halogens is 1. The van der Waals surface area contributed by atoms with E-state index >= 15 is 0 Å². The summed E-state index contributed by atoms with van der Waals surface area (Å²) in [5, 5.41) is 18.8. The van der Waals surface area contributed by atoms with Crippen LogP contribution in [-0.2, 0) is 4.79 Å². The number of phenolic OH excluding ortho intramolecular Hbond substituents is 1. The predicted molar refractivity (Wildman–Crippen MR) is 123 cm³/mol. The Balaban J connectivity index is 0.00000280. The van der Waals surface area contributed by atoms with Crippen LogP contribution in [0.5, 0.6) is 5.75 Å². The van der Waals surface area contributed by atoms with Crippen molar-refractivity contribution < 1.29 is 9.90 Å². The van der Waals surface area contributed by atoms with Gasteiger partial charge in [-0.15, -0.1) is 24.0 Å². The summed E-state index contributed by atoms with van der Waals surface area (Å²) in [6.07, 6.45) is 6.50. The quantitative estimate of drug-likeness (QED) is 0.208. The Kier molecular flexibility index (Phi) is 9.30. The maximum Gasteiger partial charge on any atom is 0.246 e. The second kappa shape index (κ2) is 11.5. The van der Waals surface area contributed by atoms with E-state index in [2.05, 4.69) is 25.8 Å². The molecule has 1 atom stereocenters. The fraction of sp³-hybridized carbons (Fsp3) is 0.600. The lowest BCUT2D eigenvalue weighted by atomic mass is 10.2. The van der Waals surface area contributed by atoms with Gasteiger partial charge in [-0.05, 0) is 50.5 Å². The average Bonchev–Trinajstić information content (AvgIpc) is 3.33. The van der Waals surface area contributed by atoms with Crippen molar-refractivity contribution >= 4 is 41.5 Å². The number of hydrogen-bond donors (Lipinski definition) is 4. The van der Waals surface area contributed by atoms with Crippen molar-refractivity contribution in [3.63, 3.8) is 0 Å². The molecular weight excluding hydrogens is 469 g/mol. The summed E-state index contributed by atoms with van der Waals surface area (Å²) in [6, 6.07) is 7.55. The zero-order chi connectivity index (χ0) is 19.1. The number of carbonyl (C=O) groups excluding carboxylic acids is 1. The van der Waals surface area contributed by atoms with Gasteiger partial charge in [0.25, 0.3) is 0 Å². The lowest BCUT2D eigenvalue weighted by Gasteiger charge is -2.24. The molecule has 0 bridgehead atoms. The molecule has 1 aromatic carbocycles. The molecule has 3 rings (SSSR count). The lowest BCUT2D eigenvalue weighted by molar-refractivity contribution is -0.114. The number of hydrogen-bond acceptors (Lipinski definition) is 4. The van der Waals surface area contributed by atoms with E-state index in [0.29, 0.717) is 17.7 Å². The van der Waals surface area contributed by atoms with E-state index in [1.165, 1.54) is 25.7 Å². The van der Waals surface area contributed by atoms with Crippen molar-refractivity contribution in [1.82, 2.24) is 15.5 Å². The van der Waals surface area contributed by atoms with Gasteiger partial charge in [0.2, 0.25) is 5.91 Å². The van der Waals surface area contributed by atoms with Gasteiger partial charge in [-0.1, -0.05) is 12.8 Å². The SMILES string of the molecule is CCNC(=NCC(=O)Nc1ccc(O)cc1)NC1CCN(C2CCCC2)C1.I. The van der Waals surface area contributed by atoms with Crippen LogP contribution in [0.3, 0.4) is 0 Å². The standard InChI is InChI=1S/C20H31N5O2.HI/c1-2-21-20(22-13-19(27)23-15-7-9-18(26)10-8-15)24-16-11-12-25(14-16)17-5-3-4-6-17;/h7-10,16-17,26H,2-6,11-14H2,1H3,(H,23,27)(H2,21,22,24);1H. The van der Waals surface area contributed by atoms with Crippen LogP contribution in [0.4, 0.5) is 5.69 Å². The summed E-state index contributed by atoms with van der Waals surface area (Å²) in [4.78, 5) is 19.2. The minimum atomic E-state index is -0.183. The number of anilines is 1. The van der Waals surface area contributed by atoms with Crippen LogP contribution >= 0.6 is 24.0 Å². The molecule has 2 aliphatic rings.